The molecule has 5 heteroatoms. The number of carbonyl (C=O) groups is 1. The molecule has 0 radical (unpaired) electrons. The summed E-state index contributed by atoms with van der Waals surface area (Å²) in [5, 5.41) is 10.5. The predicted molar refractivity (Wildman–Crippen MR) is 89.2 cm³/mol. The Hall–Kier alpha value is -1.36. The summed E-state index contributed by atoms with van der Waals surface area (Å²) in [6.45, 7) is 4.11. The van der Waals surface area contributed by atoms with Crippen LogP contribution < -0.4 is 0 Å². The number of carbonyl (C=O) groups excluding carboxylic acids is 1. The maximum absolute atomic E-state index is 12.9. The van der Waals surface area contributed by atoms with Crippen molar-refractivity contribution in [2.45, 2.75) is 37.5 Å². The monoisotopic (exact) mass is 335 g/mol. The summed E-state index contributed by atoms with van der Waals surface area (Å²) in [6, 6.07) is 7.16. The highest BCUT2D eigenvalue weighted by molar-refractivity contribution is 6.30. The molecule has 4 nitrogen and oxygen atoms in total. The van der Waals surface area contributed by atoms with Crippen molar-refractivity contribution in [3.8, 4) is 0 Å². The second-order valence-electron chi connectivity index (χ2n) is 6.25. The summed E-state index contributed by atoms with van der Waals surface area (Å²) < 4.78 is 5.78. The second-order valence-corrected chi connectivity index (χ2v) is 6.68. The summed E-state index contributed by atoms with van der Waals surface area (Å²) in [6.07, 6.45) is 3.83. The lowest BCUT2D eigenvalue weighted by atomic mass is 9.98. The maximum atomic E-state index is 12.9. The average Bonchev–Trinajstić information content (AvgIpc) is 3.38. The molecule has 1 heterocycles. The van der Waals surface area contributed by atoms with Crippen molar-refractivity contribution in [3.05, 3.63) is 47.5 Å². The Morgan fingerprint density at radius 3 is 2.65 bits per heavy atom. The fourth-order valence-corrected chi connectivity index (χ4v) is 3.41. The Morgan fingerprint density at radius 1 is 1.39 bits per heavy atom. The summed E-state index contributed by atoms with van der Waals surface area (Å²) in [5.74, 6) is 0.336. The first-order valence-electron chi connectivity index (χ1n) is 8.06. The number of halogens is 1. The fourth-order valence-electron chi connectivity index (χ4n) is 3.28. The van der Waals surface area contributed by atoms with E-state index in [4.69, 9.17) is 16.3 Å². The molecule has 1 saturated carbocycles. The fraction of sp³-hybridized carbons (Fsp3) is 0.500. The zero-order valence-electron chi connectivity index (χ0n) is 13.0. The highest BCUT2D eigenvalue weighted by Gasteiger charge is 2.45. The van der Waals surface area contributed by atoms with Gasteiger partial charge >= 0.3 is 0 Å². The van der Waals surface area contributed by atoms with Crippen LogP contribution in [-0.4, -0.2) is 41.3 Å². The van der Waals surface area contributed by atoms with Crippen molar-refractivity contribution in [2.75, 3.05) is 13.2 Å². The molecule has 3 rings (SSSR count). The molecule has 0 bridgehead atoms. The van der Waals surface area contributed by atoms with Crippen LogP contribution in [-0.2, 0) is 9.53 Å². The van der Waals surface area contributed by atoms with E-state index in [9.17, 15) is 9.90 Å². The summed E-state index contributed by atoms with van der Waals surface area (Å²) >= 11 is 5.97. The van der Waals surface area contributed by atoms with Gasteiger partial charge in [-0.2, -0.15) is 0 Å². The third-order valence-electron chi connectivity index (χ3n) is 4.67. The standard InChI is InChI=1S/C18H22ClNO3/c1-2-3-17-18(22)20(15(10-21)12-4-5-12)16(11-23-17)13-6-8-14(19)9-7-13/h2,6-9,12,15-17,21H,1,3-5,10-11H2/t15?,16?,17-/m0/s1. The Bertz CT molecular complexity index is 570. The number of morpholine rings is 1. The van der Waals surface area contributed by atoms with Crippen LogP contribution in [0, 0.1) is 5.92 Å². The predicted octanol–water partition coefficient (Wildman–Crippen LogP) is 2.96. The van der Waals surface area contributed by atoms with Crippen LogP contribution in [0.25, 0.3) is 0 Å². The van der Waals surface area contributed by atoms with Gasteiger partial charge < -0.3 is 14.7 Å². The average molecular weight is 336 g/mol. The lowest BCUT2D eigenvalue weighted by molar-refractivity contribution is -0.166. The minimum absolute atomic E-state index is 0.0126. The number of aliphatic hydroxyl groups is 1. The molecule has 0 spiro atoms. The first-order valence-corrected chi connectivity index (χ1v) is 8.44. The van der Waals surface area contributed by atoms with Crippen LogP contribution in [0.2, 0.25) is 5.02 Å². The molecular formula is C18H22ClNO3. The van der Waals surface area contributed by atoms with E-state index in [1.54, 1.807) is 6.08 Å². The number of nitrogens with zero attached hydrogens (tertiary/aromatic N) is 1. The lowest BCUT2D eigenvalue weighted by Crippen LogP contribution is -2.55. The molecule has 0 aromatic heterocycles. The van der Waals surface area contributed by atoms with Crippen LogP contribution in [0.15, 0.2) is 36.9 Å². The minimum Gasteiger partial charge on any atom is -0.394 e. The molecule has 1 aromatic rings. The number of hydrogen-bond acceptors (Lipinski definition) is 3. The van der Waals surface area contributed by atoms with Gasteiger partial charge in [-0.15, -0.1) is 6.58 Å². The summed E-state index contributed by atoms with van der Waals surface area (Å²) in [5.41, 5.74) is 0.985. The van der Waals surface area contributed by atoms with Crippen LogP contribution in [0.1, 0.15) is 30.9 Å². The van der Waals surface area contributed by atoms with E-state index in [1.807, 2.05) is 29.2 Å². The number of amides is 1. The topological polar surface area (TPSA) is 49.8 Å². The minimum atomic E-state index is -0.496. The van der Waals surface area contributed by atoms with Gasteiger partial charge in [0.15, 0.2) is 0 Å². The molecule has 1 amide bonds. The van der Waals surface area contributed by atoms with Crippen LogP contribution >= 0.6 is 11.6 Å². The van der Waals surface area contributed by atoms with Crippen LogP contribution in [0.4, 0.5) is 0 Å². The molecule has 1 N–H and O–H groups in total. The van der Waals surface area contributed by atoms with Gasteiger partial charge in [0.2, 0.25) is 0 Å². The lowest BCUT2D eigenvalue weighted by Gasteiger charge is -2.43. The van der Waals surface area contributed by atoms with Crippen LogP contribution in [0.3, 0.4) is 0 Å². The van der Waals surface area contributed by atoms with Gasteiger partial charge in [-0.3, -0.25) is 4.79 Å². The molecule has 1 saturated heterocycles. The van der Waals surface area contributed by atoms with E-state index >= 15 is 0 Å². The number of ether oxygens (including phenoxy) is 1. The van der Waals surface area contributed by atoms with Gasteiger partial charge in [0, 0.05) is 11.4 Å². The first-order chi connectivity index (χ1) is 11.2. The van der Waals surface area contributed by atoms with Crippen molar-refractivity contribution < 1.29 is 14.6 Å². The molecule has 124 valence electrons. The Labute approximate surface area is 141 Å². The molecule has 2 aliphatic rings. The smallest absolute Gasteiger partial charge is 0.252 e. The molecule has 3 atom stereocenters. The van der Waals surface area contributed by atoms with E-state index in [0.717, 1.165) is 18.4 Å². The van der Waals surface area contributed by atoms with Gasteiger partial charge in [0.25, 0.3) is 5.91 Å². The summed E-state index contributed by atoms with van der Waals surface area (Å²) in [4.78, 5) is 14.8. The number of rotatable bonds is 6. The van der Waals surface area contributed by atoms with E-state index in [1.165, 1.54) is 0 Å². The molecule has 1 aliphatic heterocycles. The quantitative estimate of drug-likeness (QED) is 0.813. The molecule has 1 aromatic carbocycles. The van der Waals surface area contributed by atoms with Gasteiger partial charge in [-0.05, 0) is 36.5 Å². The Kier molecular flexibility index (Phi) is 5.05. The van der Waals surface area contributed by atoms with Gasteiger partial charge in [-0.1, -0.05) is 29.8 Å². The largest absolute Gasteiger partial charge is 0.394 e. The highest BCUT2D eigenvalue weighted by Crippen LogP contribution is 2.40. The van der Waals surface area contributed by atoms with Gasteiger partial charge in [-0.25, -0.2) is 0 Å². The zero-order chi connectivity index (χ0) is 16.4. The molecule has 2 fully saturated rings. The third kappa shape index (κ3) is 3.44. The summed E-state index contributed by atoms with van der Waals surface area (Å²) in [7, 11) is 0. The van der Waals surface area contributed by atoms with Crippen molar-refractivity contribution in [3.63, 3.8) is 0 Å². The van der Waals surface area contributed by atoms with Crippen LogP contribution in [0.5, 0.6) is 0 Å². The zero-order valence-corrected chi connectivity index (χ0v) is 13.8. The van der Waals surface area contributed by atoms with Crippen molar-refractivity contribution in [1.29, 1.82) is 0 Å². The van der Waals surface area contributed by atoms with E-state index < -0.39 is 6.10 Å². The van der Waals surface area contributed by atoms with E-state index in [2.05, 4.69) is 6.58 Å². The number of aliphatic hydroxyl groups excluding tert-OH is 1. The molecular weight excluding hydrogens is 314 g/mol. The van der Waals surface area contributed by atoms with Gasteiger partial charge in [0.1, 0.15) is 6.10 Å². The van der Waals surface area contributed by atoms with E-state index in [0.29, 0.717) is 24.0 Å². The van der Waals surface area contributed by atoms with E-state index in [-0.39, 0.29) is 24.6 Å². The molecule has 23 heavy (non-hydrogen) atoms. The maximum Gasteiger partial charge on any atom is 0.252 e. The van der Waals surface area contributed by atoms with Crippen molar-refractivity contribution >= 4 is 17.5 Å². The van der Waals surface area contributed by atoms with Crippen molar-refractivity contribution in [1.82, 2.24) is 4.90 Å². The SMILES string of the molecule is C=CC[C@@H]1OCC(c2ccc(Cl)cc2)N(C(CO)C2CC2)C1=O. The second kappa shape index (κ2) is 7.04. The number of hydrogen-bond donors (Lipinski definition) is 1. The van der Waals surface area contributed by atoms with Gasteiger partial charge in [0.05, 0.1) is 25.3 Å². The molecule has 1 aliphatic carbocycles. The Morgan fingerprint density at radius 2 is 2.09 bits per heavy atom. The first kappa shape index (κ1) is 16.5. The normalized spacial score (nSPS) is 26.2. The molecule has 2 unspecified atom stereocenters. The number of benzene rings is 1. The van der Waals surface area contributed by atoms with Crippen molar-refractivity contribution in [2.24, 2.45) is 5.92 Å². The Balaban J connectivity index is 1.91. The highest BCUT2D eigenvalue weighted by atomic mass is 35.5. The third-order valence-corrected chi connectivity index (χ3v) is 4.92.